The van der Waals surface area contributed by atoms with E-state index in [1.54, 1.807) is 6.07 Å². The van der Waals surface area contributed by atoms with Crippen LogP contribution in [0.25, 0.3) is 0 Å². The summed E-state index contributed by atoms with van der Waals surface area (Å²) >= 11 is 0. The molecule has 1 aromatic rings. The SMILES string of the molecule is Nc1ccc(C(=O)C2CCCCO2)cc1F. The van der Waals surface area contributed by atoms with Crippen molar-refractivity contribution in [3.63, 3.8) is 0 Å². The molecule has 0 radical (unpaired) electrons. The van der Waals surface area contributed by atoms with Crippen LogP contribution in [0.3, 0.4) is 0 Å². The maximum absolute atomic E-state index is 13.2. The molecule has 1 atom stereocenters. The van der Waals surface area contributed by atoms with E-state index in [4.69, 9.17) is 10.5 Å². The number of rotatable bonds is 2. The Balaban J connectivity index is 2.16. The van der Waals surface area contributed by atoms with Crippen LogP contribution in [-0.2, 0) is 4.74 Å². The molecule has 0 amide bonds. The van der Waals surface area contributed by atoms with Crippen molar-refractivity contribution in [1.82, 2.24) is 0 Å². The Kier molecular flexibility index (Phi) is 3.19. The molecule has 16 heavy (non-hydrogen) atoms. The van der Waals surface area contributed by atoms with Gasteiger partial charge in [-0.25, -0.2) is 4.39 Å². The van der Waals surface area contributed by atoms with Gasteiger partial charge in [-0.1, -0.05) is 0 Å². The zero-order chi connectivity index (χ0) is 11.5. The molecule has 1 fully saturated rings. The molecule has 1 heterocycles. The minimum atomic E-state index is -0.554. The van der Waals surface area contributed by atoms with Crippen LogP contribution in [0.15, 0.2) is 18.2 Å². The lowest BCUT2D eigenvalue weighted by Crippen LogP contribution is -2.28. The van der Waals surface area contributed by atoms with Gasteiger partial charge >= 0.3 is 0 Å². The number of carbonyl (C=O) groups excluding carboxylic acids is 1. The van der Waals surface area contributed by atoms with E-state index in [2.05, 4.69) is 0 Å². The highest BCUT2D eigenvalue weighted by molar-refractivity contribution is 5.99. The number of anilines is 1. The molecule has 1 unspecified atom stereocenters. The van der Waals surface area contributed by atoms with E-state index < -0.39 is 11.9 Å². The highest BCUT2D eigenvalue weighted by Gasteiger charge is 2.23. The van der Waals surface area contributed by atoms with E-state index in [1.807, 2.05) is 0 Å². The van der Waals surface area contributed by atoms with Gasteiger partial charge in [0.05, 0.1) is 5.69 Å². The molecule has 1 aliphatic rings. The van der Waals surface area contributed by atoms with Gasteiger partial charge in [0.25, 0.3) is 0 Å². The zero-order valence-corrected chi connectivity index (χ0v) is 8.91. The fourth-order valence-electron chi connectivity index (χ4n) is 1.81. The third kappa shape index (κ3) is 2.22. The summed E-state index contributed by atoms with van der Waals surface area (Å²) in [6.07, 6.45) is 2.26. The van der Waals surface area contributed by atoms with Crippen LogP contribution >= 0.6 is 0 Å². The Morgan fingerprint density at radius 3 is 2.88 bits per heavy atom. The van der Waals surface area contributed by atoms with Crippen molar-refractivity contribution in [2.75, 3.05) is 12.3 Å². The maximum atomic E-state index is 13.2. The van der Waals surface area contributed by atoms with Crippen LogP contribution < -0.4 is 5.73 Å². The van der Waals surface area contributed by atoms with Crippen LogP contribution in [0.1, 0.15) is 29.6 Å². The highest BCUT2D eigenvalue weighted by atomic mass is 19.1. The fourth-order valence-corrected chi connectivity index (χ4v) is 1.81. The zero-order valence-electron chi connectivity index (χ0n) is 8.91. The average Bonchev–Trinajstić information content (AvgIpc) is 2.33. The molecule has 0 saturated carbocycles. The molecule has 0 bridgehead atoms. The number of halogens is 1. The topological polar surface area (TPSA) is 52.3 Å². The second-order valence-corrected chi connectivity index (χ2v) is 3.96. The van der Waals surface area contributed by atoms with Crippen LogP contribution in [-0.4, -0.2) is 18.5 Å². The Morgan fingerprint density at radius 2 is 2.25 bits per heavy atom. The van der Waals surface area contributed by atoms with Crippen LogP contribution in [0.4, 0.5) is 10.1 Å². The fraction of sp³-hybridized carbons (Fsp3) is 0.417. The molecule has 2 rings (SSSR count). The number of carbonyl (C=O) groups is 1. The van der Waals surface area contributed by atoms with E-state index in [9.17, 15) is 9.18 Å². The van der Waals surface area contributed by atoms with Gasteiger partial charge in [0.1, 0.15) is 11.9 Å². The largest absolute Gasteiger partial charge is 0.396 e. The number of benzene rings is 1. The molecular formula is C12H14FNO2. The molecule has 3 nitrogen and oxygen atoms in total. The van der Waals surface area contributed by atoms with Gasteiger partial charge in [0.2, 0.25) is 0 Å². The molecule has 1 aliphatic heterocycles. The molecule has 4 heteroatoms. The van der Waals surface area contributed by atoms with Crippen LogP contribution in [0, 0.1) is 5.82 Å². The van der Waals surface area contributed by atoms with Gasteiger partial charge < -0.3 is 10.5 Å². The van der Waals surface area contributed by atoms with E-state index in [0.29, 0.717) is 18.6 Å². The molecule has 0 aromatic heterocycles. The van der Waals surface area contributed by atoms with E-state index in [0.717, 1.165) is 12.8 Å². The van der Waals surface area contributed by atoms with E-state index in [-0.39, 0.29) is 11.5 Å². The van der Waals surface area contributed by atoms with Crippen molar-refractivity contribution in [3.05, 3.63) is 29.6 Å². The monoisotopic (exact) mass is 223 g/mol. The molecule has 1 saturated heterocycles. The minimum absolute atomic E-state index is 0.0566. The summed E-state index contributed by atoms with van der Waals surface area (Å²) in [5, 5.41) is 0. The number of nitrogen functional groups attached to an aromatic ring is 1. The Morgan fingerprint density at radius 1 is 1.44 bits per heavy atom. The smallest absolute Gasteiger partial charge is 0.191 e. The van der Waals surface area contributed by atoms with E-state index in [1.165, 1.54) is 12.1 Å². The first kappa shape index (κ1) is 11.1. The third-order valence-electron chi connectivity index (χ3n) is 2.76. The minimum Gasteiger partial charge on any atom is -0.396 e. The number of ketones is 1. The summed E-state index contributed by atoms with van der Waals surface area (Å²) in [5.41, 5.74) is 5.74. The van der Waals surface area contributed by atoms with Gasteiger partial charge in [-0.05, 0) is 37.5 Å². The molecule has 0 spiro atoms. The molecule has 1 aromatic carbocycles. The molecule has 2 N–H and O–H groups in total. The van der Waals surface area contributed by atoms with Gasteiger partial charge in [0, 0.05) is 12.2 Å². The summed E-state index contributed by atoms with van der Waals surface area (Å²) in [6, 6.07) is 4.12. The van der Waals surface area contributed by atoms with Crippen LogP contribution in [0.2, 0.25) is 0 Å². The number of hydrogen-bond donors (Lipinski definition) is 1. The molecular weight excluding hydrogens is 209 g/mol. The predicted molar refractivity (Wildman–Crippen MR) is 58.7 cm³/mol. The lowest BCUT2D eigenvalue weighted by atomic mass is 9.99. The second-order valence-electron chi connectivity index (χ2n) is 3.96. The number of ether oxygens (including phenoxy) is 1. The third-order valence-corrected chi connectivity index (χ3v) is 2.76. The van der Waals surface area contributed by atoms with Crippen molar-refractivity contribution in [1.29, 1.82) is 0 Å². The van der Waals surface area contributed by atoms with Gasteiger partial charge in [-0.3, -0.25) is 4.79 Å². The predicted octanol–water partition coefficient (Wildman–Crippen LogP) is 2.16. The first-order valence-electron chi connectivity index (χ1n) is 5.39. The summed E-state index contributed by atoms with van der Waals surface area (Å²) in [5.74, 6) is -0.708. The summed E-state index contributed by atoms with van der Waals surface area (Å²) in [6.45, 7) is 0.605. The van der Waals surface area contributed by atoms with Crippen LogP contribution in [0.5, 0.6) is 0 Å². The Hall–Kier alpha value is -1.42. The molecule has 86 valence electrons. The summed E-state index contributed by atoms with van der Waals surface area (Å²) < 4.78 is 18.5. The lowest BCUT2D eigenvalue weighted by molar-refractivity contribution is 0.0186. The van der Waals surface area contributed by atoms with Gasteiger partial charge in [-0.15, -0.1) is 0 Å². The summed E-state index contributed by atoms with van der Waals surface area (Å²) in [7, 11) is 0. The van der Waals surface area contributed by atoms with Crippen molar-refractivity contribution in [3.8, 4) is 0 Å². The quantitative estimate of drug-likeness (QED) is 0.617. The Bertz CT molecular complexity index is 400. The Labute approximate surface area is 93.4 Å². The number of nitrogens with two attached hydrogens (primary N) is 1. The van der Waals surface area contributed by atoms with Crippen molar-refractivity contribution < 1.29 is 13.9 Å². The van der Waals surface area contributed by atoms with Gasteiger partial charge in [0.15, 0.2) is 5.78 Å². The first-order valence-corrected chi connectivity index (χ1v) is 5.39. The van der Waals surface area contributed by atoms with Crippen molar-refractivity contribution >= 4 is 11.5 Å². The summed E-state index contributed by atoms with van der Waals surface area (Å²) in [4.78, 5) is 11.9. The van der Waals surface area contributed by atoms with Crippen molar-refractivity contribution in [2.45, 2.75) is 25.4 Å². The first-order chi connectivity index (χ1) is 7.68. The van der Waals surface area contributed by atoms with Crippen molar-refractivity contribution in [2.24, 2.45) is 0 Å². The second kappa shape index (κ2) is 4.61. The highest BCUT2D eigenvalue weighted by Crippen LogP contribution is 2.19. The number of hydrogen-bond acceptors (Lipinski definition) is 3. The maximum Gasteiger partial charge on any atom is 0.191 e. The number of Topliss-reactive ketones (excluding diaryl/α,β-unsaturated/α-hetero) is 1. The lowest BCUT2D eigenvalue weighted by Gasteiger charge is -2.21. The molecule has 0 aliphatic carbocycles. The van der Waals surface area contributed by atoms with E-state index >= 15 is 0 Å². The standard InChI is InChI=1S/C12H14FNO2/c13-9-7-8(4-5-10(9)14)12(15)11-3-1-2-6-16-11/h4-5,7,11H,1-3,6,14H2. The van der Waals surface area contributed by atoms with Gasteiger partial charge in [-0.2, -0.15) is 0 Å². The normalized spacial score (nSPS) is 20.7. The average molecular weight is 223 g/mol.